The third-order valence-electron chi connectivity index (χ3n) is 1.95. The Morgan fingerprint density at radius 1 is 1.50 bits per heavy atom. The number of hydrogen-bond acceptors (Lipinski definition) is 4. The Morgan fingerprint density at radius 2 is 2.25 bits per heavy atom. The van der Waals surface area contributed by atoms with Crippen molar-refractivity contribution in [3.05, 3.63) is 16.1 Å². The van der Waals surface area contributed by atoms with E-state index in [9.17, 15) is 9.59 Å². The molecule has 1 aromatic heterocycles. The normalized spacial score (nSPS) is 10.1. The second-order valence-electron chi connectivity index (χ2n) is 3.36. The topological polar surface area (TPSA) is 79.3 Å². The van der Waals surface area contributed by atoms with Crippen LogP contribution < -0.4 is 5.32 Å². The van der Waals surface area contributed by atoms with E-state index in [1.165, 1.54) is 11.3 Å². The van der Waals surface area contributed by atoms with E-state index in [4.69, 9.17) is 5.11 Å². The third kappa shape index (κ3) is 4.39. The highest BCUT2D eigenvalue weighted by Gasteiger charge is 2.07. The van der Waals surface area contributed by atoms with E-state index < -0.39 is 5.97 Å². The molecule has 0 aliphatic carbocycles. The predicted molar refractivity (Wildman–Crippen MR) is 60.7 cm³/mol. The van der Waals surface area contributed by atoms with Crippen molar-refractivity contribution in [1.82, 2.24) is 10.3 Å². The molecule has 0 radical (unpaired) electrons. The molecule has 0 aromatic carbocycles. The first kappa shape index (κ1) is 12.6. The highest BCUT2D eigenvalue weighted by atomic mass is 32.1. The molecule has 0 aliphatic rings. The summed E-state index contributed by atoms with van der Waals surface area (Å²) >= 11 is 1.43. The van der Waals surface area contributed by atoms with Crippen LogP contribution in [0.1, 0.15) is 34.8 Å². The first-order valence-corrected chi connectivity index (χ1v) is 5.89. The van der Waals surface area contributed by atoms with E-state index in [1.54, 1.807) is 5.38 Å². The number of carbonyl (C=O) groups excluding carboxylic acids is 1. The smallest absolute Gasteiger partial charge is 0.303 e. The van der Waals surface area contributed by atoms with Crippen LogP contribution in [0.15, 0.2) is 5.38 Å². The molecule has 1 amide bonds. The van der Waals surface area contributed by atoms with Gasteiger partial charge in [0.1, 0.15) is 5.69 Å². The van der Waals surface area contributed by atoms with E-state index in [1.807, 2.05) is 6.92 Å². The predicted octanol–water partition coefficient (Wildman–Crippen LogP) is 1.44. The number of hydrogen-bond donors (Lipinski definition) is 2. The number of aryl methyl sites for hydroxylation is 1. The largest absolute Gasteiger partial charge is 0.481 e. The number of unbranched alkanes of at least 4 members (excludes halogenated alkanes) is 1. The zero-order chi connectivity index (χ0) is 12.0. The number of thiazole rings is 1. The van der Waals surface area contributed by atoms with Gasteiger partial charge in [-0.3, -0.25) is 9.59 Å². The highest BCUT2D eigenvalue weighted by molar-refractivity contribution is 7.09. The van der Waals surface area contributed by atoms with Crippen LogP contribution in [0.4, 0.5) is 0 Å². The maximum atomic E-state index is 11.5. The van der Waals surface area contributed by atoms with Gasteiger partial charge in [-0.25, -0.2) is 4.98 Å². The minimum atomic E-state index is -0.804. The Kier molecular flexibility index (Phi) is 4.91. The van der Waals surface area contributed by atoms with Gasteiger partial charge in [0.25, 0.3) is 5.91 Å². The molecular weight excluding hydrogens is 228 g/mol. The molecule has 2 N–H and O–H groups in total. The molecule has 0 saturated carbocycles. The number of nitrogens with zero attached hydrogens (tertiary/aromatic N) is 1. The van der Waals surface area contributed by atoms with E-state index in [0.717, 1.165) is 5.01 Å². The van der Waals surface area contributed by atoms with Crippen LogP contribution in [0, 0.1) is 6.92 Å². The average molecular weight is 242 g/mol. The SMILES string of the molecule is Cc1nc(C(=O)NCCCCC(=O)O)cs1. The van der Waals surface area contributed by atoms with Gasteiger partial charge in [-0.05, 0) is 19.8 Å². The first-order valence-electron chi connectivity index (χ1n) is 5.01. The molecule has 0 aliphatic heterocycles. The molecule has 0 saturated heterocycles. The fourth-order valence-electron chi connectivity index (χ4n) is 1.16. The summed E-state index contributed by atoms with van der Waals surface area (Å²) in [6.07, 6.45) is 1.39. The van der Waals surface area contributed by atoms with Crippen LogP contribution in [0.2, 0.25) is 0 Å². The van der Waals surface area contributed by atoms with Gasteiger partial charge in [0.05, 0.1) is 5.01 Å². The van der Waals surface area contributed by atoms with E-state index >= 15 is 0 Å². The number of carboxylic acid groups (broad SMARTS) is 1. The second kappa shape index (κ2) is 6.22. The number of carbonyl (C=O) groups is 2. The standard InChI is InChI=1S/C10H14N2O3S/c1-7-12-8(6-16-7)10(15)11-5-3-2-4-9(13)14/h6H,2-5H2,1H3,(H,11,15)(H,13,14). The average Bonchev–Trinajstić information content (AvgIpc) is 2.63. The molecule has 5 nitrogen and oxygen atoms in total. The molecule has 0 atom stereocenters. The lowest BCUT2D eigenvalue weighted by atomic mass is 10.2. The van der Waals surface area contributed by atoms with Gasteiger partial charge in [0, 0.05) is 18.3 Å². The number of amides is 1. The van der Waals surface area contributed by atoms with E-state index in [0.29, 0.717) is 25.1 Å². The fraction of sp³-hybridized carbons (Fsp3) is 0.500. The Morgan fingerprint density at radius 3 is 2.81 bits per heavy atom. The van der Waals surface area contributed by atoms with Gasteiger partial charge in [0.15, 0.2) is 0 Å². The Labute approximate surface area is 97.5 Å². The Balaban J connectivity index is 2.18. The summed E-state index contributed by atoms with van der Waals surface area (Å²) in [4.78, 5) is 25.7. The summed E-state index contributed by atoms with van der Waals surface area (Å²) in [5, 5.41) is 13.7. The minimum absolute atomic E-state index is 0.145. The number of aliphatic carboxylic acids is 1. The lowest BCUT2D eigenvalue weighted by Crippen LogP contribution is -2.24. The summed E-state index contributed by atoms with van der Waals surface area (Å²) < 4.78 is 0. The van der Waals surface area contributed by atoms with Crippen LogP contribution in [0.3, 0.4) is 0 Å². The monoisotopic (exact) mass is 242 g/mol. The van der Waals surface area contributed by atoms with Crippen molar-refractivity contribution in [2.75, 3.05) is 6.54 Å². The van der Waals surface area contributed by atoms with Crippen LogP contribution in [-0.4, -0.2) is 28.5 Å². The molecule has 16 heavy (non-hydrogen) atoms. The molecule has 0 spiro atoms. The van der Waals surface area contributed by atoms with Crippen molar-refractivity contribution in [3.63, 3.8) is 0 Å². The summed E-state index contributed by atoms with van der Waals surface area (Å²) in [6.45, 7) is 2.33. The van der Waals surface area contributed by atoms with Gasteiger partial charge in [-0.2, -0.15) is 0 Å². The molecule has 0 unspecified atom stereocenters. The maximum absolute atomic E-state index is 11.5. The van der Waals surface area contributed by atoms with Gasteiger partial charge in [0.2, 0.25) is 0 Å². The third-order valence-corrected chi connectivity index (χ3v) is 2.73. The molecule has 6 heteroatoms. The zero-order valence-corrected chi connectivity index (χ0v) is 9.84. The van der Waals surface area contributed by atoms with E-state index in [-0.39, 0.29) is 12.3 Å². The Hall–Kier alpha value is -1.43. The van der Waals surface area contributed by atoms with Gasteiger partial charge in [-0.1, -0.05) is 0 Å². The van der Waals surface area contributed by atoms with Crippen molar-refractivity contribution in [3.8, 4) is 0 Å². The van der Waals surface area contributed by atoms with Crippen LogP contribution >= 0.6 is 11.3 Å². The molecule has 88 valence electrons. The van der Waals surface area contributed by atoms with Crippen LogP contribution in [-0.2, 0) is 4.79 Å². The Bertz CT molecular complexity index is 376. The summed E-state index contributed by atoms with van der Waals surface area (Å²) in [5.74, 6) is -0.999. The molecule has 1 heterocycles. The molecule has 0 bridgehead atoms. The van der Waals surface area contributed by atoms with Crippen molar-refractivity contribution in [2.45, 2.75) is 26.2 Å². The second-order valence-corrected chi connectivity index (χ2v) is 4.42. The van der Waals surface area contributed by atoms with Gasteiger partial charge >= 0.3 is 5.97 Å². The summed E-state index contributed by atoms with van der Waals surface area (Å²) in [7, 11) is 0. The lowest BCUT2D eigenvalue weighted by molar-refractivity contribution is -0.137. The van der Waals surface area contributed by atoms with E-state index in [2.05, 4.69) is 10.3 Å². The summed E-state index contributed by atoms with van der Waals surface area (Å²) in [5.41, 5.74) is 0.431. The molecule has 0 fully saturated rings. The number of rotatable bonds is 6. The van der Waals surface area contributed by atoms with Crippen LogP contribution in [0.5, 0.6) is 0 Å². The minimum Gasteiger partial charge on any atom is -0.481 e. The van der Waals surface area contributed by atoms with Gasteiger partial charge < -0.3 is 10.4 Å². The highest BCUT2D eigenvalue weighted by Crippen LogP contribution is 2.07. The quantitative estimate of drug-likeness (QED) is 0.740. The lowest BCUT2D eigenvalue weighted by Gasteiger charge is -2.01. The first-order chi connectivity index (χ1) is 7.59. The molecule has 1 rings (SSSR count). The van der Waals surface area contributed by atoms with Crippen LogP contribution in [0.25, 0.3) is 0 Å². The zero-order valence-electron chi connectivity index (χ0n) is 9.02. The molecule has 1 aromatic rings. The number of carboxylic acids is 1. The maximum Gasteiger partial charge on any atom is 0.303 e. The number of nitrogens with one attached hydrogen (secondary N) is 1. The van der Waals surface area contributed by atoms with Crippen molar-refractivity contribution < 1.29 is 14.7 Å². The summed E-state index contributed by atoms with van der Waals surface area (Å²) in [6, 6.07) is 0. The molecular formula is C10H14N2O3S. The number of aromatic nitrogens is 1. The fourth-order valence-corrected chi connectivity index (χ4v) is 1.75. The van der Waals surface area contributed by atoms with Crippen molar-refractivity contribution in [2.24, 2.45) is 0 Å². The van der Waals surface area contributed by atoms with Crippen molar-refractivity contribution >= 4 is 23.2 Å². The van der Waals surface area contributed by atoms with Gasteiger partial charge in [-0.15, -0.1) is 11.3 Å². The van der Waals surface area contributed by atoms with Crippen molar-refractivity contribution in [1.29, 1.82) is 0 Å².